The van der Waals surface area contributed by atoms with Gasteiger partial charge in [-0.1, -0.05) is 12.1 Å². The van der Waals surface area contributed by atoms with E-state index in [1.165, 1.54) is 0 Å². The Morgan fingerprint density at radius 1 is 1.11 bits per heavy atom. The van der Waals surface area contributed by atoms with Crippen LogP contribution in [0.25, 0.3) is 0 Å². The van der Waals surface area contributed by atoms with Crippen LogP contribution in [0.2, 0.25) is 0 Å². The summed E-state index contributed by atoms with van der Waals surface area (Å²) < 4.78 is 10.7. The smallest absolute Gasteiger partial charge is 0.313 e. The fourth-order valence-electron chi connectivity index (χ4n) is 3.07. The molecule has 2 heterocycles. The maximum absolute atomic E-state index is 12.3. The van der Waals surface area contributed by atoms with Crippen LogP contribution in [0.5, 0.6) is 5.75 Å². The Morgan fingerprint density at radius 2 is 1.79 bits per heavy atom. The average molecular weight is 384 g/mol. The number of hydrogen-bond donors (Lipinski definition) is 2. The van der Waals surface area contributed by atoms with E-state index in [9.17, 15) is 9.59 Å². The number of benzene rings is 1. The second kappa shape index (κ2) is 9.82. The van der Waals surface area contributed by atoms with Gasteiger partial charge in [0.05, 0.1) is 26.4 Å². The summed E-state index contributed by atoms with van der Waals surface area (Å²) in [5.41, 5.74) is 1.56. The first-order valence-electron chi connectivity index (χ1n) is 9.12. The number of hydrogen-bond acceptors (Lipinski definition) is 6. The minimum absolute atomic E-state index is 0.0625. The van der Waals surface area contributed by atoms with Gasteiger partial charge in [-0.2, -0.15) is 0 Å². The highest BCUT2D eigenvalue weighted by molar-refractivity contribution is 6.39. The first-order chi connectivity index (χ1) is 13.7. The Hall–Kier alpha value is -2.97. The highest BCUT2D eigenvalue weighted by atomic mass is 16.5. The number of anilines is 1. The first-order valence-corrected chi connectivity index (χ1v) is 9.12. The van der Waals surface area contributed by atoms with Crippen molar-refractivity contribution in [2.45, 2.75) is 6.04 Å². The monoisotopic (exact) mass is 384 g/mol. The van der Waals surface area contributed by atoms with E-state index in [0.717, 1.165) is 24.4 Å². The predicted molar refractivity (Wildman–Crippen MR) is 104 cm³/mol. The Bertz CT molecular complexity index is 777. The first kappa shape index (κ1) is 19.8. The van der Waals surface area contributed by atoms with E-state index in [4.69, 9.17) is 9.47 Å². The van der Waals surface area contributed by atoms with Crippen LogP contribution >= 0.6 is 0 Å². The summed E-state index contributed by atoms with van der Waals surface area (Å²) in [5.74, 6) is -0.615. The Morgan fingerprint density at radius 3 is 2.43 bits per heavy atom. The van der Waals surface area contributed by atoms with Gasteiger partial charge in [0, 0.05) is 37.7 Å². The molecule has 0 bridgehead atoms. The average Bonchev–Trinajstić information content (AvgIpc) is 2.75. The van der Waals surface area contributed by atoms with Crippen molar-refractivity contribution in [2.75, 3.05) is 45.3 Å². The summed E-state index contributed by atoms with van der Waals surface area (Å²) in [6.07, 6.45) is 3.09. The van der Waals surface area contributed by atoms with Gasteiger partial charge in [0.1, 0.15) is 5.75 Å². The molecule has 2 aromatic rings. The van der Waals surface area contributed by atoms with Gasteiger partial charge in [0.2, 0.25) is 0 Å². The van der Waals surface area contributed by atoms with E-state index >= 15 is 0 Å². The number of carbonyl (C=O) groups is 2. The third-order valence-corrected chi connectivity index (χ3v) is 4.59. The molecule has 1 saturated heterocycles. The van der Waals surface area contributed by atoms with Gasteiger partial charge >= 0.3 is 11.8 Å². The van der Waals surface area contributed by atoms with Gasteiger partial charge < -0.3 is 20.1 Å². The number of carbonyl (C=O) groups excluding carboxylic acids is 2. The maximum atomic E-state index is 12.3. The molecule has 8 heteroatoms. The zero-order valence-corrected chi connectivity index (χ0v) is 15.8. The van der Waals surface area contributed by atoms with Crippen LogP contribution in [0.3, 0.4) is 0 Å². The summed E-state index contributed by atoms with van der Waals surface area (Å²) in [4.78, 5) is 30.5. The number of nitrogens with one attached hydrogen (secondary N) is 2. The molecule has 2 amide bonds. The molecule has 148 valence electrons. The zero-order valence-electron chi connectivity index (χ0n) is 15.8. The van der Waals surface area contributed by atoms with Crippen LogP contribution in [0, 0.1) is 0 Å². The SMILES string of the molecule is COc1ccc(C(CNC(=O)C(=O)Nc2ccncc2)N2CCOCC2)cc1. The third-order valence-electron chi connectivity index (χ3n) is 4.59. The van der Waals surface area contributed by atoms with E-state index < -0.39 is 11.8 Å². The van der Waals surface area contributed by atoms with Crippen molar-refractivity contribution >= 4 is 17.5 Å². The van der Waals surface area contributed by atoms with Crippen molar-refractivity contribution in [1.82, 2.24) is 15.2 Å². The van der Waals surface area contributed by atoms with Gasteiger partial charge in [-0.15, -0.1) is 0 Å². The molecular weight excluding hydrogens is 360 g/mol. The van der Waals surface area contributed by atoms with Crippen LogP contribution in [-0.2, 0) is 14.3 Å². The van der Waals surface area contributed by atoms with E-state index in [2.05, 4.69) is 20.5 Å². The van der Waals surface area contributed by atoms with E-state index in [1.54, 1.807) is 31.6 Å². The highest BCUT2D eigenvalue weighted by Gasteiger charge is 2.24. The third kappa shape index (κ3) is 5.28. The molecule has 28 heavy (non-hydrogen) atoms. The summed E-state index contributed by atoms with van der Waals surface area (Å²) >= 11 is 0. The molecule has 1 fully saturated rings. The second-order valence-corrected chi connectivity index (χ2v) is 6.34. The second-order valence-electron chi connectivity index (χ2n) is 6.34. The highest BCUT2D eigenvalue weighted by Crippen LogP contribution is 2.23. The summed E-state index contributed by atoms with van der Waals surface area (Å²) in [6.45, 7) is 3.12. The largest absolute Gasteiger partial charge is 0.497 e. The Balaban J connectivity index is 1.64. The predicted octanol–water partition coefficient (Wildman–Crippen LogP) is 1.22. The van der Waals surface area contributed by atoms with Crippen molar-refractivity contribution in [3.8, 4) is 5.75 Å². The molecule has 1 aromatic heterocycles. The molecule has 0 saturated carbocycles. The number of pyridine rings is 1. The lowest BCUT2D eigenvalue weighted by molar-refractivity contribution is -0.136. The van der Waals surface area contributed by atoms with Gasteiger partial charge in [0.25, 0.3) is 0 Å². The molecule has 3 rings (SSSR count). The molecule has 1 unspecified atom stereocenters. The number of morpholine rings is 1. The number of nitrogens with zero attached hydrogens (tertiary/aromatic N) is 2. The number of amides is 2. The number of rotatable bonds is 6. The molecule has 8 nitrogen and oxygen atoms in total. The normalized spacial score (nSPS) is 15.5. The molecule has 0 aliphatic carbocycles. The minimum atomic E-state index is -0.707. The Kier molecular flexibility index (Phi) is 6.94. The van der Waals surface area contributed by atoms with Crippen molar-refractivity contribution in [1.29, 1.82) is 0 Å². The van der Waals surface area contributed by atoms with Crippen LogP contribution < -0.4 is 15.4 Å². The van der Waals surface area contributed by atoms with Crippen molar-refractivity contribution in [2.24, 2.45) is 0 Å². The molecule has 0 spiro atoms. The number of ether oxygens (including phenoxy) is 2. The minimum Gasteiger partial charge on any atom is -0.497 e. The van der Waals surface area contributed by atoms with E-state index in [-0.39, 0.29) is 6.04 Å². The lowest BCUT2D eigenvalue weighted by Crippen LogP contribution is -2.45. The topological polar surface area (TPSA) is 92.8 Å². The van der Waals surface area contributed by atoms with Crippen molar-refractivity contribution < 1.29 is 19.1 Å². The lowest BCUT2D eigenvalue weighted by Gasteiger charge is -2.34. The number of methoxy groups -OCH3 is 1. The zero-order chi connectivity index (χ0) is 19.8. The van der Waals surface area contributed by atoms with Gasteiger partial charge in [0.15, 0.2) is 0 Å². The molecule has 1 aromatic carbocycles. The quantitative estimate of drug-likeness (QED) is 0.728. The van der Waals surface area contributed by atoms with E-state index in [1.807, 2.05) is 24.3 Å². The number of aromatic nitrogens is 1. The fraction of sp³-hybridized carbons (Fsp3) is 0.350. The molecular formula is C20H24N4O4. The lowest BCUT2D eigenvalue weighted by atomic mass is 10.0. The standard InChI is InChI=1S/C20H24N4O4/c1-27-17-4-2-15(3-5-17)18(24-10-12-28-13-11-24)14-22-19(25)20(26)23-16-6-8-21-9-7-16/h2-9,18H,10-14H2,1H3,(H,22,25)(H,21,23,26). The van der Waals surface area contributed by atoms with Crippen molar-refractivity contribution in [3.05, 3.63) is 54.4 Å². The van der Waals surface area contributed by atoms with Crippen LogP contribution in [0.4, 0.5) is 5.69 Å². The molecule has 1 aliphatic heterocycles. The Labute approximate surface area is 163 Å². The van der Waals surface area contributed by atoms with Gasteiger partial charge in [-0.05, 0) is 29.8 Å². The summed E-state index contributed by atoms with van der Waals surface area (Å²) in [6, 6.07) is 10.9. The molecule has 1 aliphatic rings. The molecule has 0 radical (unpaired) electrons. The molecule has 2 N–H and O–H groups in total. The van der Waals surface area contributed by atoms with E-state index in [0.29, 0.717) is 25.4 Å². The van der Waals surface area contributed by atoms with Crippen LogP contribution in [-0.4, -0.2) is 61.7 Å². The van der Waals surface area contributed by atoms with Crippen LogP contribution in [0.1, 0.15) is 11.6 Å². The molecule has 1 atom stereocenters. The van der Waals surface area contributed by atoms with Crippen LogP contribution in [0.15, 0.2) is 48.8 Å². The van der Waals surface area contributed by atoms with Gasteiger partial charge in [-0.3, -0.25) is 19.5 Å². The van der Waals surface area contributed by atoms with Gasteiger partial charge in [-0.25, -0.2) is 0 Å². The summed E-state index contributed by atoms with van der Waals surface area (Å²) in [5, 5.41) is 5.31. The van der Waals surface area contributed by atoms with Crippen molar-refractivity contribution in [3.63, 3.8) is 0 Å². The fourth-order valence-corrected chi connectivity index (χ4v) is 3.07. The summed E-state index contributed by atoms with van der Waals surface area (Å²) in [7, 11) is 1.62. The maximum Gasteiger partial charge on any atom is 0.313 e.